The highest BCUT2D eigenvalue weighted by Crippen LogP contribution is 2.27. The zero-order chi connectivity index (χ0) is 24.7. The third-order valence-electron chi connectivity index (χ3n) is 5.63. The number of ether oxygens (including phenoxy) is 1. The fourth-order valence-corrected chi connectivity index (χ4v) is 3.64. The number of rotatable bonds is 9. The number of carbonyl (C=O) groups excluding carboxylic acids is 1. The zero-order valence-corrected chi connectivity index (χ0v) is 19.4. The fraction of sp³-hybridized carbons (Fsp3) is 0.296. The van der Waals surface area contributed by atoms with E-state index in [1.165, 1.54) is 24.4 Å². The van der Waals surface area contributed by atoms with E-state index in [4.69, 9.17) is 4.74 Å². The minimum atomic E-state index is -1.24. The van der Waals surface area contributed by atoms with E-state index in [0.717, 1.165) is 11.1 Å². The van der Waals surface area contributed by atoms with Crippen molar-refractivity contribution in [3.05, 3.63) is 94.9 Å². The summed E-state index contributed by atoms with van der Waals surface area (Å²) in [5.74, 6) is -0.632. The molecule has 0 radical (unpaired) electrons. The normalized spacial score (nSPS) is 12.9. The van der Waals surface area contributed by atoms with Gasteiger partial charge in [-0.05, 0) is 68.7 Å². The van der Waals surface area contributed by atoms with E-state index < -0.39 is 12.3 Å². The Kier molecular flexibility index (Phi) is 7.95. The monoisotopic (exact) mass is 463 g/mol. The van der Waals surface area contributed by atoms with Crippen molar-refractivity contribution < 1.29 is 18.3 Å². The molecule has 2 aromatic carbocycles. The Bertz CT molecular complexity index is 1160. The standard InChI is InChI=1S/C27H27F2N3O2/c1-18(32-26(33)27(2,3)34-25-12-9-21(15-28)17-31-25)24(14-19-7-10-23(29)11-8-19)22-6-4-5-20(13-22)16-30/h4-13,17-18,24H,14-15H2,1-3H3,(H,32,33). The number of carbonyl (C=O) groups is 1. The summed E-state index contributed by atoms with van der Waals surface area (Å²) in [6, 6.07) is 18.4. The molecule has 34 heavy (non-hydrogen) atoms. The van der Waals surface area contributed by atoms with Gasteiger partial charge in [-0.2, -0.15) is 5.26 Å². The van der Waals surface area contributed by atoms with Crippen LogP contribution >= 0.6 is 0 Å². The maximum atomic E-state index is 13.4. The first kappa shape index (κ1) is 24.8. The number of halogens is 2. The molecule has 5 nitrogen and oxygen atoms in total. The SMILES string of the molecule is CC(NC(=O)C(C)(C)Oc1ccc(CF)cn1)C(Cc1ccc(F)cc1)c1cccc(C#N)c1. The van der Waals surface area contributed by atoms with Gasteiger partial charge in [-0.1, -0.05) is 24.3 Å². The molecule has 0 spiro atoms. The second-order valence-corrected chi connectivity index (χ2v) is 8.69. The first-order valence-electron chi connectivity index (χ1n) is 11.0. The van der Waals surface area contributed by atoms with Gasteiger partial charge in [0.2, 0.25) is 5.88 Å². The molecular weight excluding hydrogens is 436 g/mol. The number of benzene rings is 2. The van der Waals surface area contributed by atoms with Crippen molar-refractivity contribution >= 4 is 5.91 Å². The third-order valence-corrected chi connectivity index (χ3v) is 5.63. The number of alkyl halides is 1. The fourth-order valence-electron chi connectivity index (χ4n) is 3.64. The Morgan fingerprint density at radius 2 is 1.85 bits per heavy atom. The van der Waals surface area contributed by atoms with E-state index in [0.29, 0.717) is 17.5 Å². The maximum absolute atomic E-state index is 13.4. The van der Waals surface area contributed by atoms with Crippen LogP contribution in [0.2, 0.25) is 0 Å². The molecule has 1 heterocycles. The lowest BCUT2D eigenvalue weighted by atomic mass is 9.85. The van der Waals surface area contributed by atoms with Crippen molar-refractivity contribution in [2.75, 3.05) is 0 Å². The van der Waals surface area contributed by atoms with Crippen LogP contribution in [0.5, 0.6) is 5.88 Å². The van der Waals surface area contributed by atoms with E-state index in [-0.39, 0.29) is 29.6 Å². The Balaban J connectivity index is 1.80. The summed E-state index contributed by atoms with van der Waals surface area (Å²) in [7, 11) is 0. The summed E-state index contributed by atoms with van der Waals surface area (Å²) in [6.07, 6.45) is 1.90. The van der Waals surface area contributed by atoms with Gasteiger partial charge in [0.05, 0.1) is 11.6 Å². The van der Waals surface area contributed by atoms with Crippen molar-refractivity contribution in [1.82, 2.24) is 10.3 Å². The van der Waals surface area contributed by atoms with Crippen LogP contribution in [0.4, 0.5) is 8.78 Å². The predicted octanol–water partition coefficient (Wildman–Crippen LogP) is 5.25. The second-order valence-electron chi connectivity index (χ2n) is 8.69. The third kappa shape index (κ3) is 6.38. The number of amides is 1. The average Bonchev–Trinajstić information content (AvgIpc) is 2.83. The van der Waals surface area contributed by atoms with Gasteiger partial charge in [-0.25, -0.2) is 13.8 Å². The number of hydrogen-bond donors (Lipinski definition) is 1. The molecule has 1 aromatic heterocycles. The molecule has 2 unspecified atom stereocenters. The summed E-state index contributed by atoms with van der Waals surface area (Å²) in [5.41, 5.74) is 1.49. The van der Waals surface area contributed by atoms with Crippen LogP contribution < -0.4 is 10.1 Å². The lowest BCUT2D eigenvalue weighted by Crippen LogP contribution is -2.51. The first-order valence-corrected chi connectivity index (χ1v) is 11.0. The molecule has 3 aromatic rings. The van der Waals surface area contributed by atoms with Gasteiger partial charge in [0.15, 0.2) is 5.60 Å². The molecule has 0 bridgehead atoms. The van der Waals surface area contributed by atoms with Crippen LogP contribution in [0.15, 0.2) is 66.9 Å². The summed E-state index contributed by atoms with van der Waals surface area (Å²) < 4.78 is 31.9. The van der Waals surface area contributed by atoms with E-state index in [1.54, 1.807) is 50.2 Å². The van der Waals surface area contributed by atoms with Crippen LogP contribution in [-0.2, 0) is 17.9 Å². The minimum Gasteiger partial charge on any atom is -0.462 e. The molecule has 0 saturated carbocycles. The Morgan fingerprint density at radius 1 is 1.15 bits per heavy atom. The first-order chi connectivity index (χ1) is 16.2. The summed E-state index contributed by atoms with van der Waals surface area (Å²) in [5, 5.41) is 12.3. The van der Waals surface area contributed by atoms with Gasteiger partial charge in [0.25, 0.3) is 5.91 Å². The maximum Gasteiger partial charge on any atom is 0.263 e. The van der Waals surface area contributed by atoms with Crippen LogP contribution in [-0.4, -0.2) is 22.5 Å². The topological polar surface area (TPSA) is 75.0 Å². The number of hydrogen-bond acceptors (Lipinski definition) is 4. The van der Waals surface area contributed by atoms with Crippen LogP contribution in [0.25, 0.3) is 0 Å². The second kappa shape index (κ2) is 10.9. The smallest absolute Gasteiger partial charge is 0.263 e. The summed E-state index contributed by atoms with van der Waals surface area (Å²) in [6.45, 7) is 4.52. The predicted molar refractivity (Wildman–Crippen MR) is 125 cm³/mol. The molecule has 0 aliphatic rings. The molecular formula is C27H27F2N3O2. The largest absolute Gasteiger partial charge is 0.462 e. The van der Waals surface area contributed by atoms with E-state index in [1.807, 2.05) is 13.0 Å². The van der Waals surface area contributed by atoms with E-state index >= 15 is 0 Å². The van der Waals surface area contributed by atoms with Crippen molar-refractivity contribution in [2.45, 2.75) is 51.4 Å². The van der Waals surface area contributed by atoms with Crippen molar-refractivity contribution in [2.24, 2.45) is 0 Å². The molecule has 0 aliphatic heterocycles. The Hall–Kier alpha value is -3.79. The molecule has 0 aliphatic carbocycles. The Labute approximate surface area is 198 Å². The van der Waals surface area contributed by atoms with Gasteiger partial charge in [0, 0.05) is 29.8 Å². The highest BCUT2D eigenvalue weighted by Gasteiger charge is 2.33. The van der Waals surface area contributed by atoms with Crippen LogP contribution in [0, 0.1) is 17.1 Å². The number of nitrogens with one attached hydrogen (secondary N) is 1. The van der Waals surface area contributed by atoms with Gasteiger partial charge >= 0.3 is 0 Å². The molecule has 1 N–H and O–H groups in total. The molecule has 176 valence electrons. The Morgan fingerprint density at radius 3 is 2.47 bits per heavy atom. The van der Waals surface area contributed by atoms with Crippen LogP contribution in [0.1, 0.15) is 48.9 Å². The lowest BCUT2D eigenvalue weighted by molar-refractivity contribution is -0.135. The van der Waals surface area contributed by atoms with Gasteiger partial charge in [-0.15, -0.1) is 0 Å². The lowest BCUT2D eigenvalue weighted by Gasteiger charge is -2.30. The molecule has 3 rings (SSSR count). The molecule has 1 amide bonds. The highest BCUT2D eigenvalue weighted by atomic mass is 19.1. The quantitative estimate of drug-likeness (QED) is 0.470. The van der Waals surface area contributed by atoms with Gasteiger partial charge in [0.1, 0.15) is 12.5 Å². The minimum absolute atomic E-state index is 0.180. The van der Waals surface area contributed by atoms with E-state index in [2.05, 4.69) is 16.4 Å². The van der Waals surface area contributed by atoms with E-state index in [9.17, 15) is 18.8 Å². The number of nitriles is 1. The number of aromatic nitrogens is 1. The average molecular weight is 464 g/mol. The van der Waals surface area contributed by atoms with Gasteiger partial charge in [-0.3, -0.25) is 4.79 Å². The summed E-state index contributed by atoms with van der Waals surface area (Å²) in [4.78, 5) is 17.2. The molecule has 7 heteroatoms. The van der Waals surface area contributed by atoms with Crippen LogP contribution in [0.3, 0.4) is 0 Å². The van der Waals surface area contributed by atoms with Gasteiger partial charge < -0.3 is 10.1 Å². The molecule has 0 saturated heterocycles. The zero-order valence-electron chi connectivity index (χ0n) is 19.4. The van der Waals surface area contributed by atoms with Crippen molar-refractivity contribution in [1.29, 1.82) is 5.26 Å². The number of pyridine rings is 1. The van der Waals surface area contributed by atoms with Crippen molar-refractivity contribution in [3.8, 4) is 11.9 Å². The number of nitrogens with zero attached hydrogens (tertiary/aromatic N) is 2. The molecule has 2 atom stereocenters. The van der Waals surface area contributed by atoms with Crippen molar-refractivity contribution in [3.63, 3.8) is 0 Å². The summed E-state index contributed by atoms with van der Waals surface area (Å²) >= 11 is 0. The molecule has 0 fully saturated rings. The highest BCUT2D eigenvalue weighted by molar-refractivity contribution is 5.85.